The molecule has 1 aromatic rings. The van der Waals surface area contributed by atoms with E-state index < -0.39 is 0 Å². The van der Waals surface area contributed by atoms with Gasteiger partial charge in [0.05, 0.1) is 12.7 Å². The number of aryl methyl sites for hydroxylation is 1. The summed E-state index contributed by atoms with van der Waals surface area (Å²) in [5, 5.41) is 7.09. The monoisotopic (exact) mass is 251 g/mol. The molecule has 0 bridgehead atoms. The molecule has 0 aromatic carbocycles. The average molecular weight is 251 g/mol. The molecule has 1 saturated heterocycles. The number of nitrogens with one attached hydrogen (secondary N) is 1. The van der Waals surface area contributed by atoms with E-state index in [0.29, 0.717) is 24.7 Å². The Balaban J connectivity index is 1.59. The molecule has 0 radical (unpaired) electrons. The van der Waals surface area contributed by atoms with Crippen molar-refractivity contribution in [2.24, 2.45) is 0 Å². The maximum atomic E-state index is 11.9. The zero-order chi connectivity index (χ0) is 12.4. The van der Waals surface area contributed by atoms with Crippen molar-refractivity contribution < 1.29 is 14.3 Å². The minimum Gasteiger partial charge on any atom is -0.478 e. The lowest BCUT2D eigenvalue weighted by Crippen LogP contribution is -2.32. The van der Waals surface area contributed by atoms with Gasteiger partial charge in [-0.2, -0.15) is 5.10 Å². The van der Waals surface area contributed by atoms with Crippen molar-refractivity contribution in [2.45, 2.75) is 31.9 Å². The Hall–Kier alpha value is -1.56. The quantitative estimate of drug-likeness (QED) is 0.853. The number of amides is 1. The number of ether oxygens (including phenoxy) is 2. The van der Waals surface area contributed by atoms with Gasteiger partial charge >= 0.3 is 0 Å². The van der Waals surface area contributed by atoms with Crippen molar-refractivity contribution in [3.05, 3.63) is 11.8 Å². The van der Waals surface area contributed by atoms with Gasteiger partial charge in [-0.25, -0.2) is 4.68 Å². The van der Waals surface area contributed by atoms with Gasteiger partial charge in [0.2, 0.25) is 5.88 Å². The van der Waals surface area contributed by atoms with Gasteiger partial charge in [-0.1, -0.05) is 0 Å². The second-order valence-corrected chi connectivity index (χ2v) is 4.64. The van der Waals surface area contributed by atoms with Crippen molar-refractivity contribution in [2.75, 3.05) is 19.8 Å². The first-order valence-electron chi connectivity index (χ1n) is 6.43. The number of fused-ring (bicyclic) bond motifs is 1. The molecule has 6 nitrogen and oxygen atoms in total. The molecular formula is C12H17N3O3. The second kappa shape index (κ2) is 4.97. The third kappa shape index (κ3) is 2.33. The third-order valence-corrected chi connectivity index (χ3v) is 3.25. The molecule has 0 aliphatic carbocycles. The predicted octanol–water partition coefficient (Wildman–Crippen LogP) is 0.574. The molecule has 18 heavy (non-hydrogen) atoms. The van der Waals surface area contributed by atoms with Gasteiger partial charge in [0, 0.05) is 32.2 Å². The summed E-state index contributed by atoms with van der Waals surface area (Å²) >= 11 is 0. The molecule has 0 spiro atoms. The van der Waals surface area contributed by atoms with Crippen molar-refractivity contribution in [1.82, 2.24) is 15.1 Å². The average Bonchev–Trinajstić information content (AvgIpc) is 3.04. The van der Waals surface area contributed by atoms with E-state index in [2.05, 4.69) is 10.4 Å². The SMILES string of the molecule is O=C(NC[C@@H]1CCCO1)c1cc2n(n1)CCCO2. The van der Waals surface area contributed by atoms with Crippen molar-refractivity contribution >= 4 is 5.91 Å². The van der Waals surface area contributed by atoms with Crippen LogP contribution in [0.5, 0.6) is 5.88 Å². The summed E-state index contributed by atoms with van der Waals surface area (Å²) < 4.78 is 12.6. The van der Waals surface area contributed by atoms with Crippen molar-refractivity contribution in [3.8, 4) is 5.88 Å². The van der Waals surface area contributed by atoms with Gasteiger partial charge in [0.25, 0.3) is 5.91 Å². The van der Waals surface area contributed by atoms with Crippen molar-refractivity contribution in [1.29, 1.82) is 0 Å². The van der Waals surface area contributed by atoms with Gasteiger partial charge in [-0.15, -0.1) is 0 Å². The Bertz CT molecular complexity index is 414. The Morgan fingerprint density at radius 2 is 2.44 bits per heavy atom. The van der Waals surface area contributed by atoms with Crippen LogP contribution < -0.4 is 10.1 Å². The van der Waals surface area contributed by atoms with Gasteiger partial charge in [0.15, 0.2) is 5.69 Å². The van der Waals surface area contributed by atoms with Gasteiger partial charge in [-0.3, -0.25) is 4.79 Å². The van der Waals surface area contributed by atoms with E-state index in [-0.39, 0.29) is 12.0 Å². The summed E-state index contributed by atoms with van der Waals surface area (Å²) in [6, 6.07) is 1.70. The zero-order valence-electron chi connectivity index (χ0n) is 10.2. The highest BCUT2D eigenvalue weighted by Crippen LogP contribution is 2.18. The first-order chi connectivity index (χ1) is 8.83. The maximum absolute atomic E-state index is 11.9. The van der Waals surface area contributed by atoms with Crippen LogP contribution in [0, 0.1) is 0 Å². The number of carbonyl (C=O) groups excluding carboxylic acids is 1. The number of aromatic nitrogens is 2. The summed E-state index contributed by atoms with van der Waals surface area (Å²) in [5.41, 5.74) is 0.421. The molecule has 98 valence electrons. The van der Waals surface area contributed by atoms with E-state index in [1.54, 1.807) is 10.7 Å². The number of hydrogen-bond acceptors (Lipinski definition) is 4. The van der Waals surface area contributed by atoms with Gasteiger partial charge in [-0.05, 0) is 12.8 Å². The summed E-state index contributed by atoms with van der Waals surface area (Å²) in [7, 11) is 0. The van der Waals surface area contributed by atoms with Crippen LogP contribution in [-0.4, -0.2) is 41.6 Å². The molecule has 1 N–H and O–H groups in total. The molecule has 0 unspecified atom stereocenters. The highest BCUT2D eigenvalue weighted by Gasteiger charge is 2.20. The Morgan fingerprint density at radius 3 is 3.22 bits per heavy atom. The molecule has 1 amide bonds. The molecule has 3 rings (SSSR count). The highest BCUT2D eigenvalue weighted by atomic mass is 16.5. The van der Waals surface area contributed by atoms with Crippen LogP contribution in [0.2, 0.25) is 0 Å². The first kappa shape index (κ1) is 11.5. The Morgan fingerprint density at radius 1 is 1.50 bits per heavy atom. The molecule has 2 aliphatic heterocycles. The molecule has 1 fully saturated rings. The Kier molecular flexibility index (Phi) is 3.19. The molecule has 2 aliphatic rings. The van der Waals surface area contributed by atoms with Crippen LogP contribution in [0.25, 0.3) is 0 Å². The van der Waals surface area contributed by atoms with Crippen LogP contribution in [0.1, 0.15) is 29.8 Å². The zero-order valence-corrected chi connectivity index (χ0v) is 10.2. The normalized spacial score (nSPS) is 22.3. The Labute approximate surface area is 105 Å². The minimum atomic E-state index is -0.156. The van der Waals surface area contributed by atoms with E-state index in [9.17, 15) is 4.79 Å². The van der Waals surface area contributed by atoms with Crippen molar-refractivity contribution in [3.63, 3.8) is 0 Å². The van der Waals surface area contributed by atoms with E-state index in [1.807, 2.05) is 0 Å². The number of nitrogens with zero attached hydrogens (tertiary/aromatic N) is 2. The topological polar surface area (TPSA) is 65.4 Å². The largest absolute Gasteiger partial charge is 0.478 e. The van der Waals surface area contributed by atoms with Crippen LogP contribution in [0.15, 0.2) is 6.07 Å². The summed E-state index contributed by atoms with van der Waals surface area (Å²) in [5.74, 6) is 0.527. The molecule has 3 heterocycles. The lowest BCUT2D eigenvalue weighted by molar-refractivity contribution is 0.0853. The second-order valence-electron chi connectivity index (χ2n) is 4.64. The number of rotatable bonds is 3. The predicted molar refractivity (Wildman–Crippen MR) is 63.6 cm³/mol. The third-order valence-electron chi connectivity index (χ3n) is 3.25. The summed E-state index contributed by atoms with van der Waals surface area (Å²) in [6.07, 6.45) is 3.18. The van der Waals surface area contributed by atoms with Crippen LogP contribution in [0.4, 0.5) is 0 Å². The van der Waals surface area contributed by atoms with Crippen LogP contribution in [0.3, 0.4) is 0 Å². The minimum absolute atomic E-state index is 0.155. The van der Waals surface area contributed by atoms with Gasteiger partial charge < -0.3 is 14.8 Å². The fraction of sp³-hybridized carbons (Fsp3) is 0.667. The molecular weight excluding hydrogens is 234 g/mol. The maximum Gasteiger partial charge on any atom is 0.272 e. The summed E-state index contributed by atoms with van der Waals surface area (Å²) in [6.45, 7) is 2.87. The fourth-order valence-corrected chi connectivity index (χ4v) is 2.28. The van der Waals surface area contributed by atoms with E-state index >= 15 is 0 Å². The van der Waals surface area contributed by atoms with Gasteiger partial charge in [0.1, 0.15) is 0 Å². The van der Waals surface area contributed by atoms with E-state index in [0.717, 1.165) is 32.4 Å². The molecule has 0 saturated carbocycles. The van der Waals surface area contributed by atoms with E-state index in [4.69, 9.17) is 9.47 Å². The lowest BCUT2D eigenvalue weighted by atomic mass is 10.2. The fourth-order valence-electron chi connectivity index (χ4n) is 2.28. The van der Waals surface area contributed by atoms with E-state index in [1.165, 1.54) is 0 Å². The molecule has 1 atom stereocenters. The summed E-state index contributed by atoms with van der Waals surface area (Å²) in [4.78, 5) is 11.9. The van der Waals surface area contributed by atoms with Crippen LogP contribution in [-0.2, 0) is 11.3 Å². The highest BCUT2D eigenvalue weighted by molar-refractivity contribution is 5.92. The molecule has 6 heteroatoms. The lowest BCUT2D eigenvalue weighted by Gasteiger charge is -2.13. The number of carbonyl (C=O) groups is 1. The first-order valence-corrected chi connectivity index (χ1v) is 6.43. The number of hydrogen-bond donors (Lipinski definition) is 1. The van der Waals surface area contributed by atoms with Crippen LogP contribution >= 0.6 is 0 Å². The smallest absolute Gasteiger partial charge is 0.272 e. The standard InChI is InChI=1S/C12H17N3O3/c16-12(13-8-9-3-1-5-17-9)10-7-11-15(14-10)4-2-6-18-11/h7,9H,1-6,8H2,(H,13,16)/t9-/m0/s1. The molecule has 1 aromatic heterocycles.